The van der Waals surface area contributed by atoms with Gasteiger partial charge in [0.25, 0.3) is 0 Å². The molecule has 15 heavy (non-hydrogen) atoms. The topological polar surface area (TPSA) is 48.1 Å². The highest BCUT2D eigenvalue weighted by atomic mass is 35.5. The number of hydrogen-bond acceptors (Lipinski definition) is 3. The van der Waals surface area contributed by atoms with Crippen LogP contribution in [-0.2, 0) is 0 Å². The fraction of sp³-hybridized carbons (Fsp3) is 0.100. The van der Waals surface area contributed by atoms with Crippen LogP contribution in [0.15, 0.2) is 18.3 Å². The van der Waals surface area contributed by atoms with Gasteiger partial charge in [0.15, 0.2) is 0 Å². The Morgan fingerprint density at radius 3 is 2.73 bits per heavy atom. The average Bonchev–Trinajstić information content (AvgIpc) is 2.24. The van der Waals surface area contributed by atoms with Crippen molar-refractivity contribution < 1.29 is 4.74 Å². The van der Waals surface area contributed by atoms with Crippen molar-refractivity contribution in [2.75, 3.05) is 12.8 Å². The van der Waals surface area contributed by atoms with Crippen molar-refractivity contribution in [2.24, 2.45) is 0 Å². The van der Waals surface area contributed by atoms with Gasteiger partial charge in [-0.2, -0.15) is 0 Å². The van der Waals surface area contributed by atoms with Crippen molar-refractivity contribution in [1.29, 1.82) is 0 Å². The van der Waals surface area contributed by atoms with E-state index in [1.54, 1.807) is 19.2 Å². The monoisotopic (exact) mass is 242 g/mol. The summed E-state index contributed by atoms with van der Waals surface area (Å²) in [6.45, 7) is 0. The molecule has 0 atom stereocenters. The summed E-state index contributed by atoms with van der Waals surface area (Å²) in [5.74, 6) is 0.622. The van der Waals surface area contributed by atoms with Crippen molar-refractivity contribution in [3.05, 3.63) is 28.4 Å². The summed E-state index contributed by atoms with van der Waals surface area (Å²) in [6, 6.07) is 3.44. The summed E-state index contributed by atoms with van der Waals surface area (Å²) in [5, 5.41) is 1.54. The van der Waals surface area contributed by atoms with Crippen molar-refractivity contribution in [3.63, 3.8) is 0 Å². The number of fused-ring (bicyclic) bond motifs is 1. The van der Waals surface area contributed by atoms with Crippen LogP contribution in [0.2, 0.25) is 10.0 Å². The summed E-state index contributed by atoms with van der Waals surface area (Å²) < 4.78 is 5.16. The first kappa shape index (κ1) is 10.3. The lowest BCUT2D eigenvalue weighted by atomic mass is 10.2. The number of anilines is 1. The molecule has 3 nitrogen and oxygen atoms in total. The zero-order chi connectivity index (χ0) is 11.0. The van der Waals surface area contributed by atoms with Gasteiger partial charge in [0.05, 0.1) is 29.0 Å². The van der Waals surface area contributed by atoms with Gasteiger partial charge in [-0.25, -0.2) is 0 Å². The van der Waals surface area contributed by atoms with Crippen molar-refractivity contribution in [2.45, 2.75) is 0 Å². The van der Waals surface area contributed by atoms with Crippen LogP contribution in [0, 0.1) is 0 Å². The third kappa shape index (κ3) is 1.58. The van der Waals surface area contributed by atoms with Gasteiger partial charge in [0, 0.05) is 5.39 Å². The van der Waals surface area contributed by atoms with Gasteiger partial charge in [-0.1, -0.05) is 23.2 Å². The summed E-state index contributed by atoms with van der Waals surface area (Å²) in [4.78, 5) is 4.15. The molecule has 0 fully saturated rings. The second-order valence-corrected chi connectivity index (χ2v) is 3.79. The molecule has 0 unspecified atom stereocenters. The number of aromatic nitrogens is 1. The number of nitrogen functional groups attached to an aromatic ring is 1. The Balaban J connectivity index is 2.93. The number of nitrogens with zero attached hydrogens (tertiary/aromatic N) is 1. The Morgan fingerprint density at radius 1 is 1.33 bits per heavy atom. The van der Waals surface area contributed by atoms with Crippen molar-refractivity contribution in [3.8, 4) is 5.75 Å². The SMILES string of the molecule is COc1ccc(Cl)c2c(Cl)c(N)cnc12. The molecule has 5 heteroatoms. The van der Waals surface area contributed by atoms with E-state index in [1.807, 2.05) is 0 Å². The molecule has 1 aromatic carbocycles. The molecule has 0 saturated carbocycles. The van der Waals surface area contributed by atoms with E-state index in [9.17, 15) is 0 Å². The summed E-state index contributed by atoms with van der Waals surface area (Å²) in [7, 11) is 1.56. The first-order valence-corrected chi connectivity index (χ1v) is 4.97. The molecule has 1 aromatic heterocycles. The van der Waals surface area contributed by atoms with Crippen LogP contribution < -0.4 is 10.5 Å². The zero-order valence-corrected chi connectivity index (χ0v) is 9.43. The second kappa shape index (κ2) is 3.76. The van der Waals surface area contributed by atoms with Crippen LogP contribution in [0.1, 0.15) is 0 Å². The van der Waals surface area contributed by atoms with Crippen LogP contribution in [-0.4, -0.2) is 12.1 Å². The first-order chi connectivity index (χ1) is 7.15. The average molecular weight is 243 g/mol. The molecule has 1 heterocycles. The number of ether oxygens (including phenoxy) is 1. The quantitative estimate of drug-likeness (QED) is 0.836. The standard InChI is InChI=1S/C10H8Cl2N2O/c1-15-7-3-2-5(11)8-9(12)6(13)4-14-10(7)8/h2-4H,13H2,1H3. The number of hydrogen-bond donors (Lipinski definition) is 1. The lowest BCUT2D eigenvalue weighted by Gasteiger charge is -2.08. The molecule has 2 rings (SSSR count). The lowest BCUT2D eigenvalue weighted by molar-refractivity contribution is 0.419. The number of benzene rings is 1. The van der Waals surface area contributed by atoms with Gasteiger partial charge in [0.1, 0.15) is 11.3 Å². The highest BCUT2D eigenvalue weighted by Gasteiger charge is 2.11. The molecular formula is C10H8Cl2N2O. The summed E-state index contributed by atoms with van der Waals surface area (Å²) in [6.07, 6.45) is 1.49. The van der Waals surface area contributed by atoms with Gasteiger partial charge < -0.3 is 10.5 Å². The Morgan fingerprint density at radius 2 is 2.07 bits per heavy atom. The van der Waals surface area contributed by atoms with Crippen molar-refractivity contribution >= 4 is 39.8 Å². The van der Waals surface area contributed by atoms with Crippen LogP contribution in [0.3, 0.4) is 0 Å². The Hall–Kier alpha value is -1.19. The molecule has 0 saturated heterocycles. The maximum Gasteiger partial charge on any atom is 0.145 e. The number of rotatable bonds is 1. The third-order valence-electron chi connectivity index (χ3n) is 2.12. The lowest BCUT2D eigenvalue weighted by Crippen LogP contribution is -1.93. The summed E-state index contributed by atoms with van der Waals surface area (Å²) in [5.41, 5.74) is 6.67. The second-order valence-electron chi connectivity index (χ2n) is 3.00. The minimum absolute atomic E-state index is 0.402. The van der Waals surface area contributed by atoms with E-state index in [0.29, 0.717) is 32.4 Å². The molecule has 0 radical (unpaired) electrons. The predicted octanol–water partition coefficient (Wildman–Crippen LogP) is 3.13. The molecule has 0 bridgehead atoms. The maximum atomic E-state index is 6.06. The molecule has 0 aliphatic rings. The molecule has 2 aromatic rings. The first-order valence-electron chi connectivity index (χ1n) is 4.21. The van der Waals surface area contributed by atoms with E-state index < -0.39 is 0 Å². The highest BCUT2D eigenvalue weighted by Crippen LogP contribution is 2.37. The zero-order valence-electron chi connectivity index (χ0n) is 7.92. The predicted molar refractivity (Wildman–Crippen MR) is 62.7 cm³/mol. The molecule has 78 valence electrons. The van der Waals surface area contributed by atoms with E-state index in [4.69, 9.17) is 33.7 Å². The highest BCUT2D eigenvalue weighted by molar-refractivity contribution is 6.43. The number of halogens is 2. The van der Waals surface area contributed by atoms with Crippen LogP contribution >= 0.6 is 23.2 Å². The third-order valence-corrected chi connectivity index (χ3v) is 2.84. The molecule has 0 aliphatic carbocycles. The van der Waals surface area contributed by atoms with Gasteiger partial charge in [-0.15, -0.1) is 0 Å². The van der Waals surface area contributed by atoms with Crippen LogP contribution in [0.4, 0.5) is 5.69 Å². The number of pyridine rings is 1. The fourth-order valence-electron chi connectivity index (χ4n) is 1.38. The Bertz CT molecular complexity index is 528. The van der Waals surface area contributed by atoms with Gasteiger partial charge in [0.2, 0.25) is 0 Å². The van der Waals surface area contributed by atoms with Gasteiger partial charge in [-0.05, 0) is 12.1 Å². The molecule has 0 spiro atoms. The van der Waals surface area contributed by atoms with Gasteiger partial charge >= 0.3 is 0 Å². The summed E-state index contributed by atoms with van der Waals surface area (Å²) >= 11 is 12.1. The van der Waals surface area contributed by atoms with E-state index in [1.165, 1.54) is 6.20 Å². The molecule has 0 aliphatic heterocycles. The minimum atomic E-state index is 0.402. The minimum Gasteiger partial charge on any atom is -0.494 e. The smallest absolute Gasteiger partial charge is 0.145 e. The van der Waals surface area contributed by atoms with Crippen LogP contribution in [0.25, 0.3) is 10.9 Å². The van der Waals surface area contributed by atoms with Crippen LogP contribution in [0.5, 0.6) is 5.75 Å². The maximum absolute atomic E-state index is 6.06. The van der Waals surface area contributed by atoms with Crippen molar-refractivity contribution in [1.82, 2.24) is 4.98 Å². The molecule has 0 amide bonds. The number of nitrogens with two attached hydrogens (primary N) is 1. The fourth-order valence-corrected chi connectivity index (χ4v) is 1.92. The van der Waals surface area contributed by atoms with E-state index in [-0.39, 0.29) is 0 Å². The normalized spacial score (nSPS) is 10.6. The Kier molecular flexibility index (Phi) is 2.59. The van der Waals surface area contributed by atoms with E-state index in [2.05, 4.69) is 4.98 Å². The van der Waals surface area contributed by atoms with E-state index >= 15 is 0 Å². The largest absolute Gasteiger partial charge is 0.494 e. The molecule has 2 N–H and O–H groups in total. The Labute approximate surface area is 96.8 Å². The van der Waals surface area contributed by atoms with Gasteiger partial charge in [-0.3, -0.25) is 4.98 Å². The number of methoxy groups -OCH3 is 1. The molecular weight excluding hydrogens is 235 g/mol. The van der Waals surface area contributed by atoms with E-state index in [0.717, 1.165) is 0 Å².